The lowest BCUT2D eigenvalue weighted by atomic mass is 9.74. The monoisotopic (exact) mass is 654 g/mol. The van der Waals surface area contributed by atoms with E-state index in [2.05, 4.69) is 51.0 Å². The van der Waals surface area contributed by atoms with Crippen LogP contribution in [0.15, 0.2) is 68.1 Å². The highest BCUT2D eigenvalue weighted by molar-refractivity contribution is 9.10. The minimum Gasteiger partial charge on any atom is -0.496 e. The summed E-state index contributed by atoms with van der Waals surface area (Å²) in [7, 11) is 3.29. The van der Waals surface area contributed by atoms with Crippen molar-refractivity contribution in [3.63, 3.8) is 0 Å². The molecule has 5 heterocycles. The van der Waals surface area contributed by atoms with Crippen LogP contribution in [0.3, 0.4) is 0 Å². The lowest BCUT2D eigenvalue weighted by molar-refractivity contribution is 0.0629. The minimum atomic E-state index is -0.161. The van der Waals surface area contributed by atoms with Gasteiger partial charge in [-0.05, 0) is 48.4 Å². The smallest absolute Gasteiger partial charge is 0.196 e. The normalized spacial score (nSPS) is 17.9. The molecule has 1 fully saturated rings. The maximum absolute atomic E-state index is 6.36. The van der Waals surface area contributed by atoms with E-state index in [0.29, 0.717) is 42.7 Å². The number of hydrogen-bond acceptors (Lipinski definition) is 10. The van der Waals surface area contributed by atoms with E-state index in [0.717, 1.165) is 44.3 Å². The van der Waals surface area contributed by atoms with E-state index in [1.54, 1.807) is 25.6 Å². The van der Waals surface area contributed by atoms with Crippen molar-refractivity contribution in [1.82, 2.24) is 14.6 Å². The van der Waals surface area contributed by atoms with Crippen LogP contribution in [0.4, 0.5) is 0 Å². The summed E-state index contributed by atoms with van der Waals surface area (Å²) in [6.45, 7) is 1.75. The van der Waals surface area contributed by atoms with Crippen LogP contribution >= 0.6 is 39.0 Å². The van der Waals surface area contributed by atoms with E-state index < -0.39 is 0 Å². The molecule has 2 aliphatic rings. The lowest BCUT2D eigenvalue weighted by Crippen LogP contribution is -2.35. The van der Waals surface area contributed by atoms with Crippen molar-refractivity contribution in [3.05, 3.63) is 74.8 Å². The van der Waals surface area contributed by atoms with Crippen LogP contribution in [0.5, 0.6) is 11.5 Å². The van der Waals surface area contributed by atoms with Gasteiger partial charge < -0.3 is 23.4 Å². The molecule has 0 aliphatic carbocycles. The second kappa shape index (κ2) is 11.0. The summed E-state index contributed by atoms with van der Waals surface area (Å²) < 4.78 is 32.1. The molecule has 0 radical (unpaired) electrons. The van der Waals surface area contributed by atoms with Crippen molar-refractivity contribution in [2.75, 3.05) is 32.9 Å². The van der Waals surface area contributed by atoms with Crippen molar-refractivity contribution < 1.29 is 23.4 Å². The second-order valence-electron chi connectivity index (χ2n) is 9.88. The van der Waals surface area contributed by atoms with Gasteiger partial charge in [0.25, 0.3) is 0 Å². The average Bonchev–Trinajstić information content (AvgIpc) is 3.79. The number of benzene rings is 2. The van der Waals surface area contributed by atoms with Crippen molar-refractivity contribution in [3.8, 4) is 23.0 Å². The number of halogens is 1. The molecule has 0 bridgehead atoms. The van der Waals surface area contributed by atoms with E-state index in [-0.39, 0.29) is 11.0 Å². The van der Waals surface area contributed by atoms with Crippen molar-refractivity contribution in [2.24, 2.45) is 0 Å². The maximum Gasteiger partial charge on any atom is 0.196 e. The zero-order valence-electron chi connectivity index (χ0n) is 22.4. The topological polar surface area (TPSA) is 92.8 Å². The molecule has 0 amide bonds. The third-order valence-corrected chi connectivity index (χ3v) is 10.1. The number of imidazole rings is 1. The molecule has 0 saturated carbocycles. The Hall–Kier alpha value is -3.03. The van der Waals surface area contributed by atoms with E-state index in [1.807, 2.05) is 29.1 Å². The summed E-state index contributed by atoms with van der Waals surface area (Å²) in [6, 6.07) is 14.3. The highest BCUT2D eigenvalue weighted by Crippen LogP contribution is 2.43. The van der Waals surface area contributed by atoms with Gasteiger partial charge in [0.05, 0.1) is 29.8 Å². The largest absolute Gasteiger partial charge is 0.496 e. The third-order valence-electron chi connectivity index (χ3n) is 7.49. The Bertz CT molecular complexity index is 1670. The quantitative estimate of drug-likeness (QED) is 0.194. The Morgan fingerprint density at radius 3 is 2.71 bits per heavy atom. The Balaban J connectivity index is 1.15. The van der Waals surface area contributed by atoms with Gasteiger partial charge in [0.2, 0.25) is 0 Å². The molecule has 7 rings (SSSR count). The zero-order chi connectivity index (χ0) is 28.0. The fourth-order valence-corrected chi connectivity index (χ4v) is 7.47. The van der Waals surface area contributed by atoms with Gasteiger partial charge in [-0.1, -0.05) is 28.1 Å². The molecule has 1 N–H and O–H groups in total. The molecular weight excluding hydrogens is 628 g/mol. The fraction of sp³-hybridized carbons (Fsp3) is 0.310. The first-order valence-corrected chi connectivity index (χ1v) is 15.7. The number of thioether (sulfide) groups is 1. The molecule has 5 aromatic rings. The van der Waals surface area contributed by atoms with E-state index in [4.69, 9.17) is 33.3 Å². The van der Waals surface area contributed by atoms with Crippen LogP contribution in [0.25, 0.3) is 22.4 Å². The number of nitrogens with one attached hydrogen (secondary N) is 1. The number of hydrogen-bond donors (Lipinski definition) is 1. The summed E-state index contributed by atoms with van der Waals surface area (Å²) in [5, 5.41) is 4.84. The van der Waals surface area contributed by atoms with E-state index in [1.165, 1.54) is 17.3 Å². The summed E-state index contributed by atoms with van der Waals surface area (Å²) in [6.07, 6.45) is 3.69. The highest BCUT2D eigenvalue weighted by atomic mass is 79.9. The molecule has 2 aliphatic heterocycles. The van der Waals surface area contributed by atoms with Crippen LogP contribution in [-0.2, 0) is 21.5 Å². The van der Waals surface area contributed by atoms with Crippen LogP contribution in [-0.4, -0.2) is 47.6 Å². The van der Waals surface area contributed by atoms with Gasteiger partial charge >= 0.3 is 0 Å². The minimum absolute atomic E-state index is 0.158. The molecule has 12 heteroatoms. The summed E-state index contributed by atoms with van der Waals surface area (Å²) in [5.74, 6) is 1.95. The third kappa shape index (κ3) is 5.01. The molecule has 3 aromatic heterocycles. The summed E-state index contributed by atoms with van der Waals surface area (Å²) in [5.41, 5.74) is 6.42. The van der Waals surface area contributed by atoms with Gasteiger partial charge in [-0.15, -0.1) is 11.3 Å². The molecule has 1 unspecified atom stereocenters. The van der Waals surface area contributed by atoms with Gasteiger partial charge in [0, 0.05) is 42.3 Å². The Labute approximate surface area is 253 Å². The van der Waals surface area contributed by atoms with Crippen molar-refractivity contribution in [2.45, 2.75) is 35.6 Å². The van der Waals surface area contributed by atoms with Crippen molar-refractivity contribution >= 4 is 50.0 Å². The first-order chi connectivity index (χ1) is 20.0. The maximum atomic E-state index is 6.36. The number of methoxy groups -OCH3 is 2. The highest BCUT2D eigenvalue weighted by Gasteiger charge is 2.39. The lowest BCUT2D eigenvalue weighted by Gasteiger charge is -2.36. The number of furan rings is 1. The number of nitrogens with zero attached hydrogens (tertiary/aromatic N) is 3. The molecule has 9 nitrogen and oxygen atoms in total. The number of aromatic nitrogens is 3. The molecule has 212 valence electrons. The van der Waals surface area contributed by atoms with E-state index >= 15 is 0 Å². The van der Waals surface area contributed by atoms with E-state index in [9.17, 15) is 0 Å². The molecule has 1 saturated heterocycles. The first-order valence-electron chi connectivity index (χ1n) is 13.1. The number of fused-ring (bicyclic) bond motifs is 2. The van der Waals surface area contributed by atoms with Crippen LogP contribution < -0.4 is 14.9 Å². The summed E-state index contributed by atoms with van der Waals surface area (Å²) in [4.78, 5) is 9.78. The van der Waals surface area contributed by atoms with Gasteiger partial charge in [0.1, 0.15) is 34.4 Å². The van der Waals surface area contributed by atoms with Crippen LogP contribution in [0.1, 0.15) is 29.1 Å². The Kier molecular flexibility index (Phi) is 7.20. The Morgan fingerprint density at radius 1 is 1.12 bits per heavy atom. The van der Waals surface area contributed by atoms with Gasteiger partial charge in [0.15, 0.2) is 16.5 Å². The molecule has 2 aromatic carbocycles. The summed E-state index contributed by atoms with van der Waals surface area (Å²) >= 11 is 6.75. The predicted molar refractivity (Wildman–Crippen MR) is 161 cm³/mol. The van der Waals surface area contributed by atoms with Gasteiger partial charge in [-0.3, -0.25) is 5.43 Å². The second-order valence-corrected chi connectivity index (χ2v) is 12.7. The standard InChI is InChI=1S/C29H27BrN4O5S2/c1-35-20-11-23(21-13-25(39-24(21)12-20)22-14-34-27(32-22)41-28(33-34)36-2)38-15-19-16-40-26(31-19)29(7-9-37-10-8-29)17-3-5-18(30)6-4-17/h3-6,11-14,16,28,33H,7-10,15H2,1-2H3. The average molecular weight is 656 g/mol. The van der Waals surface area contributed by atoms with Gasteiger partial charge in [-0.25, -0.2) is 14.6 Å². The van der Waals surface area contributed by atoms with Crippen LogP contribution in [0.2, 0.25) is 0 Å². The SMILES string of the molecule is COc1cc(OCc2csc(C3(c4ccc(Br)cc4)CCOCC3)n2)c2cc(-c3cn4c(n3)SC(OC)N4)oc2c1. The van der Waals surface area contributed by atoms with Gasteiger partial charge in [-0.2, -0.15) is 0 Å². The molecule has 1 atom stereocenters. The number of rotatable bonds is 8. The van der Waals surface area contributed by atoms with Crippen molar-refractivity contribution in [1.29, 1.82) is 0 Å². The molecule has 41 heavy (non-hydrogen) atoms. The zero-order valence-corrected chi connectivity index (χ0v) is 25.6. The number of thiazole rings is 1. The van der Waals surface area contributed by atoms with Crippen LogP contribution in [0, 0.1) is 0 Å². The number of ether oxygens (including phenoxy) is 4. The molecule has 0 spiro atoms. The first kappa shape index (κ1) is 26.8. The Morgan fingerprint density at radius 2 is 1.95 bits per heavy atom. The molecular formula is C29H27BrN4O5S2. The predicted octanol–water partition coefficient (Wildman–Crippen LogP) is 6.78. The fourth-order valence-electron chi connectivity index (χ4n) is 5.30.